The third-order valence-electron chi connectivity index (χ3n) is 4.90. The largest absolute Gasteiger partial charge is 0.339 e. The fourth-order valence-corrected chi connectivity index (χ4v) is 3.35. The molecule has 142 valence electrons. The maximum Gasteiger partial charge on any atom is 0.229 e. The van der Waals surface area contributed by atoms with Gasteiger partial charge in [0.2, 0.25) is 11.8 Å². The molecule has 0 spiro atoms. The van der Waals surface area contributed by atoms with Crippen LogP contribution in [0.25, 0.3) is 0 Å². The molecular formula is C19H34N4O2. The standard InChI is InChI=1S/C19H34N4O2/c1-14(2)8-11-22-10-6-7-17(13-22)23(16(5)24)12-9-18-20-19(15(3)4)25-21-18/h14-15,17H,6-13H2,1-5H3. The monoisotopic (exact) mass is 350 g/mol. The Morgan fingerprint density at radius 1 is 1.36 bits per heavy atom. The van der Waals surface area contributed by atoms with E-state index in [1.165, 1.54) is 6.42 Å². The van der Waals surface area contributed by atoms with E-state index >= 15 is 0 Å². The summed E-state index contributed by atoms with van der Waals surface area (Å²) in [5.41, 5.74) is 0. The highest BCUT2D eigenvalue weighted by Gasteiger charge is 2.27. The van der Waals surface area contributed by atoms with Gasteiger partial charge in [-0.25, -0.2) is 0 Å². The molecule has 0 radical (unpaired) electrons. The Hall–Kier alpha value is -1.43. The van der Waals surface area contributed by atoms with Crippen molar-refractivity contribution in [1.29, 1.82) is 0 Å². The minimum absolute atomic E-state index is 0.142. The number of aromatic nitrogens is 2. The maximum atomic E-state index is 12.2. The maximum absolute atomic E-state index is 12.2. The van der Waals surface area contributed by atoms with E-state index in [1.807, 2.05) is 18.7 Å². The van der Waals surface area contributed by atoms with Gasteiger partial charge in [0.15, 0.2) is 5.82 Å². The number of carbonyl (C=O) groups is 1. The molecule has 1 unspecified atom stereocenters. The van der Waals surface area contributed by atoms with E-state index in [0.717, 1.165) is 38.4 Å². The normalized spacial score (nSPS) is 18.9. The molecule has 1 atom stereocenters. The van der Waals surface area contributed by atoms with Crippen molar-refractivity contribution < 1.29 is 9.32 Å². The van der Waals surface area contributed by atoms with Gasteiger partial charge in [-0.2, -0.15) is 4.98 Å². The Morgan fingerprint density at radius 3 is 2.72 bits per heavy atom. The molecule has 1 aliphatic heterocycles. The molecule has 0 saturated carbocycles. The van der Waals surface area contributed by atoms with Crippen molar-refractivity contribution >= 4 is 5.91 Å². The highest BCUT2D eigenvalue weighted by Crippen LogP contribution is 2.18. The Bertz CT molecular complexity index is 541. The van der Waals surface area contributed by atoms with Crippen molar-refractivity contribution in [2.75, 3.05) is 26.2 Å². The average Bonchev–Trinajstić information content (AvgIpc) is 3.02. The van der Waals surface area contributed by atoms with E-state index in [-0.39, 0.29) is 11.8 Å². The average molecular weight is 351 g/mol. The molecule has 1 fully saturated rings. The summed E-state index contributed by atoms with van der Waals surface area (Å²) in [6.07, 6.45) is 4.11. The number of carbonyl (C=O) groups excluding carboxylic acids is 1. The molecule has 1 saturated heterocycles. The Kier molecular flexibility index (Phi) is 7.41. The predicted molar refractivity (Wildman–Crippen MR) is 98.4 cm³/mol. The summed E-state index contributed by atoms with van der Waals surface area (Å²) in [6, 6.07) is 0.301. The third-order valence-corrected chi connectivity index (χ3v) is 4.90. The first kappa shape index (κ1) is 19.9. The van der Waals surface area contributed by atoms with Crippen molar-refractivity contribution in [3.63, 3.8) is 0 Å². The van der Waals surface area contributed by atoms with Crippen molar-refractivity contribution in [2.24, 2.45) is 5.92 Å². The van der Waals surface area contributed by atoms with E-state index in [1.54, 1.807) is 6.92 Å². The lowest BCUT2D eigenvalue weighted by atomic mass is 10.0. The number of rotatable bonds is 8. The van der Waals surface area contributed by atoms with Crippen LogP contribution in [0, 0.1) is 5.92 Å². The highest BCUT2D eigenvalue weighted by molar-refractivity contribution is 5.73. The van der Waals surface area contributed by atoms with Crippen molar-refractivity contribution in [1.82, 2.24) is 19.9 Å². The van der Waals surface area contributed by atoms with E-state index in [0.29, 0.717) is 30.7 Å². The van der Waals surface area contributed by atoms with Crippen LogP contribution in [0.5, 0.6) is 0 Å². The summed E-state index contributed by atoms with van der Waals surface area (Å²) >= 11 is 0. The summed E-state index contributed by atoms with van der Waals surface area (Å²) in [5, 5.41) is 4.04. The van der Waals surface area contributed by atoms with Gasteiger partial charge >= 0.3 is 0 Å². The predicted octanol–water partition coefficient (Wildman–Crippen LogP) is 3.09. The van der Waals surface area contributed by atoms with E-state index in [9.17, 15) is 4.79 Å². The van der Waals surface area contributed by atoms with Crippen molar-refractivity contribution in [2.45, 2.75) is 72.3 Å². The lowest BCUT2D eigenvalue weighted by Gasteiger charge is -2.39. The van der Waals surface area contributed by atoms with Crippen LogP contribution in [-0.4, -0.2) is 58.1 Å². The van der Waals surface area contributed by atoms with Crippen LogP contribution in [0.4, 0.5) is 0 Å². The molecule has 0 bridgehead atoms. The van der Waals surface area contributed by atoms with Gasteiger partial charge in [0, 0.05) is 38.4 Å². The molecule has 2 rings (SSSR count). The zero-order valence-electron chi connectivity index (χ0n) is 16.5. The molecule has 25 heavy (non-hydrogen) atoms. The van der Waals surface area contributed by atoms with Crippen LogP contribution in [0.3, 0.4) is 0 Å². The third kappa shape index (κ3) is 6.10. The van der Waals surface area contributed by atoms with Crippen LogP contribution >= 0.6 is 0 Å². The van der Waals surface area contributed by atoms with Crippen molar-refractivity contribution in [3.05, 3.63) is 11.7 Å². The topological polar surface area (TPSA) is 62.5 Å². The molecule has 1 aliphatic rings. The zero-order chi connectivity index (χ0) is 18.4. The van der Waals surface area contributed by atoms with Crippen LogP contribution < -0.4 is 0 Å². The van der Waals surface area contributed by atoms with Gasteiger partial charge in [-0.05, 0) is 38.3 Å². The number of nitrogens with zero attached hydrogens (tertiary/aromatic N) is 4. The molecular weight excluding hydrogens is 316 g/mol. The van der Waals surface area contributed by atoms with Gasteiger partial charge in [0.25, 0.3) is 0 Å². The minimum atomic E-state index is 0.142. The van der Waals surface area contributed by atoms with Crippen LogP contribution in [0.2, 0.25) is 0 Å². The first-order valence-electron chi connectivity index (χ1n) is 9.68. The summed E-state index contributed by atoms with van der Waals surface area (Å²) in [5.74, 6) is 2.46. The van der Waals surface area contributed by atoms with Gasteiger partial charge in [-0.3, -0.25) is 4.79 Å². The quantitative estimate of drug-likeness (QED) is 0.721. The summed E-state index contributed by atoms with van der Waals surface area (Å²) < 4.78 is 5.26. The number of hydrogen-bond donors (Lipinski definition) is 0. The first-order chi connectivity index (χ1) is 11.9. The fourth-order valence-electron chi connectivity index (χ4n) is 3.35. The van der Waals surface area contributed by atoms with E-state index < -0.39 is 0 Å². The molecule has 1 aromatic heterocycles. The Morgan fingerprint density at radius 2 is 2.12 bits per heavy atom. The minimum Gasteiger partial charge on any atom is -0.339 e. The smallest absolute Gasteiger partial charge is 0.229 e. The first-order valence-corrected chi connectivity index (χ1v) is 9.68. The van der Waals surface area contributed by atoms with Gasteiger partial charge in [0.1, 0.15) is 0 Å². The summed E-state index contributed by atoms with van der Waals surface area (Å²) in [6.45, 7) is 14.2. The second kappa shape index (κ2) is 9.32. The second-order valence-electron chi connectivity index (χ2n) is 7.95. The highest BCUT2D eigenvalue weighted by atomic mass is 16.5. The number of hydrogen-bond acceptors (Lipinski definition) is 5. The number of likely N-dealkylation sites (tertiary alicyclic amines) is 1. The molecule has 6 heteroatoms. The number of piperidine rings is 1. The Balaban J connectivity index is 1.91. The zero-order valence-corrected chi connectivity index (χ0v) is 16.5. The van der Waals surface area contributed by atoms with Crippen LogP contribution in [0.15, 0.2) is 4.52 Å². The van der Waals surface area contributed by atoms with E-state index in [4.69, 9.17) is 4.52 Å². The van der Waals surface area contributed by atoms with Gasteiger partial charge < -0.3 is 14.3 Å². The molecule has 1 aromatic rings. The summed E-state index contributed by atoms with van der Waals surface area (Å²) in [7, 11) is 0. The van der Waals surface area contributed by atoms with Gasteiger partial charge in [-0.15, -0.1) is 0 Å². The molecule has 0 N–H and O–H groups in total. The molecule has 1 amide bonds. The molecule has 6 nitrogen and oxygen atoms in total. The Labute approximate surface area is 151 Å². The lowest BCUT2D eigenvalue weighted by Crippen LogP contribution is -2.50. The van der Waals surface area contributed by atoms with Gasteiger partial charge in [-0.1, -0.05) is 32.9 Å². The van der Waals surface area contributed by atoms with Gasteiger partial charge in [0.05, 0.1) is 0 Å². The fraction of sp³-hybridized carbons (Fsp3) is 0.842. The number of amides is 1. The lowest BCUT2D eigenvalue weighted by molar-refractivity contribution is -0.132. The molecule has 0 aromatic carbocycles. The van der Waals surface area contributed by atoms with Crippen LogP contribution in [-0.2, 0) is 11.2 Å². The summed E-state index contributed by atoms with van der Waals surface area (Å²) in [4.78, 5) is 21.1. The van der Waals surface area contributed by atoms with Crippen molar-refractivity contribution in [3.8, 4) is 0 Å². The SMILES string of the molecule is CC(=O)N(CCc1noc(C(C)C)n1)C1CCCN(CCC(C)C)C1. The second-order valence-corrected chi connectivity index (χ2v) is 7.95. The van der Waals surface area contributed by atoms with E-state index in [2.05, 4.69) is 28.9 Å². The molecule has 0 aliphatic carbocycles. The van der Waals surface area contributed by atoms with Crippen LogP contribution in [0.1, 0.15) is 71.5 Å². The molecule has 2 heterocycles.